The average molecular weight is 415 g/mol. The number of carbonyl (C=O) groups is 1. The molecule has 0 spiro atoms. The fourth-order valence-electron chi connectivity index (χ4n) is 3.00. The second-order valence-electron chi connectivity index (χ2n) is 5.98. The van der Waals surface area contributed by atoms with E-state index >= 15 is 0 Å². The van der Waals surface area contributed by atoms with Gasteiger partial charge in [0.25, 0.3) is 0 Å². The number of halogens is 1. The van der Waals surface area contributed by atoms with E-state index in [0.29, 0.717) is 31.0 Å². The van der Waals surface area contributed by atoms with Gasteiger partial charge in [0.05, 0.1) is 23.1 Å². The normalized spacial score (nSPS) is 17.9. The molecule has 0 bridgehead atoms. The summed E-state index contributed by atoms with van der Waals surface area (Å²) in [5, 5.41) is 3.22. The molecule has 1 fully saturated rings. The van der Waals surface area contributed by atoms with Crippen LogP contribution in [-0.4, -0.2) is 54.5 Å². The summed E-state index contributed by atoms with van der Waals surface area (Å²) in [5.41, 5.74) is 0.326. The predicted octanol–water partition coefficient (Wildman–Crippen LogP) is 1.35. The van der Waals surface area contributed by atoms with Crippen LogP contribution in [0.4, 0.5) is 0 Å². The van der Waals surface area contributed by atoms with Crippen LogP contribution in [-0.2, 0) is 21.8 Å². The third-order valence-corrected chi connectivity index (χ3v) is 6.25. The average Bonchev–Trinajstić information content (AvgIpc) is 3.08. The van der Waals surface area contributed by atoms with Crippen molar-refractivity contribution in [2.24, 2.45) is 7.05 Å². The molecule has 1 N–H and O–H groups in total. The van der Waals surface area contributed by atoms with Crippen molar-refractivity contribution in [3.63, 3.8) is 0 Å². The van der Waals surface area contributed by atoms with Crippen LogP contribution >= 0.6 is 12.4 Å². The molecule has 2 aromatic rings. The molecule has 1 saturated heterocycles. The molecule has 0 amide bonds. The summed E-state index contributed by atoms with van der Waals surface area (Å²) in [6.07, 6.45) is 3.45. The maximum absolute atomic E-state index is 13.2. The molecular formula is C17H23ClN4O4S. The molecule has 1 aliphatic heterocycles. The van der Waals surface area contributed by atoms with Crippen molar-refractivity contribution in [2.75, 3.05) is 26.2 Å². The molecule has 0 radical (unpaired) electrons. The number of aromatic nitrogens is 2. The molecule has 8 nitrogen and oxygen atoms in total. The Kier molecular flexibility index (Phi) is 6.99. The van der Waals surface area contributed by atoms with E-state index in [0.717, 1.165) is 0 Å². The number of esters is 1. The van der Waals surface area contributed by atoms with Crippen LogP contribution in [0.5, 0.6) is 0 Å². The zero-order valence-corrected chi connectivity index (χ0v) is 16.8. The first-order valence-corrected chi connectivity index (χ1v) is 9.86. The Bertz CT molecular complexity index is 883. The van der Waals surface area contributed by atoms with E-state index in [4.69, 9.17) is 4.74 Å². The second-order valence-corrected chi connectivity index (χ2v) is 7.87. The monoisotopic (exact) mass is 414 g/mol. The van der Waals surface area contributed by atoms with E-state index in [2.05, 4.69) is 10.3 Å². The van der Waals surface area contributed by atoms with Crippen molar-refractivity contribution in [1.29, 1.82) is 0 Å². The molecule has 1 aliphatic rings. The number of hydrogen-bond donors (Lipinski definition) is 1. The van der Waals surface area contributed by atoms with E-state index in [-0.39, 0.29) is 23.9 Å². The van der Waals surface area contributed by atoms with Gasteiger partial charge in [-0.3, -0.25) is 0 Å². The van der Waals surface area contributed by atoms with Crippen LogP contribution in [0.1, 0.15) is 29.1 Å². The highest BCUT2D eigenvalue weighted by Gasteiger charge is 2.36. The Hall–Kier alpha value is -1.94. The minimum absolute atomic E-state index is 0. The maximum Gasteiger partial charge on any atom is 0.338 e. The lowest BCUT2D eigenvalue weighted by Gasteiger charge is -2.34. The van der Waals surface area contributed by atoms with Crippen LogP contribution in [0.2, 0.25) is 0 Å². The van der Waals surface area contributed by atoms with Gasteiger partial charge in [-0.1, -0.05) is 0 Å². The quantitative estimate of drug-likeness (QED) is 0.742. The summed E-state index contributed by atoms with van der Waals surface area (Å²) in [5.74, 6) is 0.216. The molecule has 2 heterocycles. The zero-order chi connectivity index (χ0) is 18.7. The van der Waals surface area contributed by atoms with Crippen LogP contribution in [0.25, 0.3) is 0 Å². The Morgan fingerprint density at radius 1 is 1.33 bits per heavy atom. The van der Waals surface area contributed by atoms with E-state index in [1.807, 2.05) is 11.6 Å². The smallest absolute Gasteiger partial charge is 0.338 e. The lowest BCUT2D eigenvalue weighted by Crippen LogP contribution is -2.49. The predicted molar refractivity (Wildman–Crippen MR) is 102 cm³/mol. The highest BCUT2D eigenvalue weighted by molar-refractivity contribution is 7.89. The van der Waals surface area contributed by atoms with Gasteiger partial charge in [0.2, 0.25) is 10.0 Å². The summed E-state index contributed by atoms with van der Waals surface area (Å²) in [6, 6.07) is 5.45. The lowest BCUT2D eigenvalue weighted by molar-refractivity contribution is 0.0526. The van der Waals surface area contributed by atoms with Crippen molar-refractivity contribution >= 4 is 28.4 Å². The van der Waals surface area contributed by atoms with Gasteiger partial charge in [-0.2, -0.15) is 4.31 Å². The molecule has 0 aliphatic carbocycles. The Balaban J connectivity index is 0.00000261. The number of hydrogen-bond acceptors (Lipinski definition) is 6. The van der Waals surface area contributed by atoms with Gasteiger partial charge in [-0.05, 0) is 31.2 Å². The third kappa shape index (κ3) is 4.32. The number of imidazole rings is 1. The van der Waals surface area contributed by atoms with Gasteiger partial charge in [0.1, 0.15) is 5.82 Å². The van der Waals surface area contributed by atoms with E-state index in [9.17, 15) is 13.2 Å². The van der Waals surface area contributed by atoms with Crippen molar-refractivity contribution < 1.29 is 17.9 Å². The van der Waals surface area contributed by atoms with Crippen molar-refractivity contribution in [3.8, 4) is 0 Å². The first kappa shape index (κ1) is 21.4. The fourth-order valence-corrected chi connectivity index (χ4v) is 4.59. The van der Waals surface area contributed by atoms with E-state index < -0.39 is 22.0 Å². The molecular weight excluding hydrogens is 392 g/mol. The number of aryl methyl sites for hydroxylation is 1. The summed E-state index contributed by atoms with van der Waals surface area (Å²) >= 11 is 0. The molecule has 10 heteroatoms. The van der Waals surface area contributed by atoms with Gasteiger partial charge in [-0.25, -0.2) is 18.2 Å². The van der Waals surface area contributed by atoms with Crippen molar-refractivity contribution in [3.05, 3.63) is 48.0 Å². The van der Waals surface area contributed by atoms with E-state index in [1.165, 1.54) is 28.6 Å². The number of ether oxygens (including phenoxy) is 1. The second kappa shape index (κ2) is 8.83. The topological polar surface area (TPSA) is 93.5 Å². The number of piperazine rings is 1. The number of benzene rings is 1. The fraction of sp³-hybridized carbons (Fsp3) is 0.412. The van der Waals surface area contributed by atoms with Crippen LogP contribution in [0, 0.1) is 0 Å². The summed E-state index contributed by atoms with van der Waals surface area (Å²) in [7, 11) is -1.88. The van der Waals surface area contributed by atoms with Gasteiger partial charge in [0, 0.05) is 39.1 Å². The Morgan fingerprint density at radius 2 is 2.04 bits per heavy atom. The van der Waals surface area contributed by atoms with Crippen LogP contribution in [0.3, 0.4) is 0 Å². The molecule has 1 aromatic carbocycles. The maximum atomic E-state index is 13.2. The number of carbonyl (C=O) groups excluding carboxylic acids is 1. The van der Waals surface area contributed by atoms with Gasteiger partial charge in [-0.15, -0.1) is 12.4 Å². The molecule has 1 aromatic heterocycles. The number of nitrogens with one attached hydrogen (secondary N) is 1. The number of rotatable bonds is 5. The number of nitrogens with zero attached hydrogens (tertiary/aromatic N) is 3. The Morgan fingerprint density at radius 3 is 2.63 bits per heavy atom. The first-order chi connectivity index (χ1) is 12.4. The molecule has 1 unspecified atom stereocenters. The van der Waals surface area contributed by atoms with Crippen molar-refractivity contribution in [1.82, 2.24) is 19.2 Å². The summed E-state index contributed by atoms with van der Waals surface area (Å²) in [6.45, 7) is 3.40. The standard InChI is InChI=1S/C17H22N4O4S.ClH/c1-3-25-17(22)13-4-6-14(7-5-13)26(23,24)21-11-8-18-12-15(21)16-19-9-10-20(16)2;/h4-7,9-10,15,18H,3,8,11-12H2,1-2H3;1H. The van der Waals surface area contributed by atoms with Gasteiger partial charge < -0.3 is 14.6 Å². The third-order valence-electron chi connectivity index (χ3n) is 4.32. The van der Waals surface area contributed by atoms with Crippen LogP contribution < -0.4 is 5.32 Å². The first-order valence-electron chi connectivity index (χ1n) is 8.42. The zero-order valence-electron chi connectivity index (χ0n) is 15.2. The highest BCUT2D eigenvalue weighted by Crippen LogP contribution is 2.28. The van der Waals surface area contributed by atoms with Crippen molar-refractivity contribution in [2.45, 2.75) is 17.9 Å². The lowest BCUT2D eigenvalue weighted by atomic mass is 10.2. The highest BCUT2D eigenvalue weighted by atomic mass is 35.5. The Labute approximate surface area is 165 Å². The largest absolute Gasteiger partial charge is 0.462 e. The van der Waals surface area contributed by atoms with Gasteiger partial charge >= 0.3 is 5.97 Å². The SMILES string of the molecule is CCOC(=O)c1ccc(S(=O)(=O)N2CCNCC2c2nccn2C)cc1.Cl. The molecule has 3 rings (SSSR count). The molecule has 148 valence electrons. The molecule has 27 heavy (non-hydrogen) atoms. The van der Waals surface area contributed by atoms with E-state index in [1.54, 1.807) is 19.3 Å². The van der Waals surface area contributed by atoms with Crippen LogP contribution in [0.15, 0.2) is 41.6 Å². The minimum atomic E-state index is -3.72. The summed E-state index contributed by atoms with van der Waals surface area (Å²) < 4.78 is 34.5. The number of sulfonamides is 1. The summed E-state index contributed by atoms with van der Waals surface area (Å²) in [4.78, 5) is 16.2. The molecule has 1 atom stereocenters. The van der Waals surface area contributed by atoms with Gasteiger partial charge in [0.15, 0.2) is 0 Å². The minimum Gasteiger partial charge on any atom is -0.462 e. The molecule has 0 saturated carbocycles.